The zero-order valence-corrected chi connectivity index (χ0v) is 10.3. The molecular weight excluding hydrogens is 239 g/mol. The summed E-state index contributed by atoms with van der Waals surface area (Å²) >= 11 is 0. The second-order valence-electron chi connectivity index (χ2n) is 4.00. The molecule has 0 unspecified atom stereocenters. The van der Waals surface area contributed by atoms with Gasteiger partial charge < -0.3 is 0 Å². The van der Waals surface area contributed by atoms with Crippen LogP contribution in [0.2, 0.25) is 0 Å². The second-order valence-corrected chi connectivity index (χ2v) is 4.00. The van der Waals surface area contributed by atoms with Crippen LogP contribution in [0.25, 0.3) is 6.08 Å². The number of carbonyl (C=O) groups is 1. The average Bonchev–Trinajstić information content (AvgIpc) is 2.45. The van der Waals surface area contributed by atoms with Gasteiger partial charge in [-0.15, -0.1) is 0 Å². The summed E-state index contributed by atoms with van der Waals surface area (Å²) in [6.45, 7) is 0. The zero-order valence-electron chi connectivity index (χ0n) is 10.3. The SMILES string of the molecule is O=C(C=CC=Cc1ccccc1)c1ccc(F)cc1. The van der Waals surface area contributed by atoms with Crippen LogP contribution in [0.1, 0.15) is 15.9 Å². The third kappa shape index (κ3) is 4.03. The number of hydrogen-bond donors (Lipinski definition) is 0. The lowest BCUT2D eigenvalue weighted by Gasteiger charge is -1.94. The minimum Gasteiger partial charge on any atom is -0.289 e. The van der Waals surface area contributed by atoms with Crippen molar-refractivity contribution in [1.29, 1.82) is 0 Å². The summed E-state index contributed by atoms with van der Waals surface area (Å²) < 4.78 is 12.7. The molecule has 1 nitrogen and oxygen atoms in total. The van der Waals surface area contributed by atoms with Crippen LogP contribution in [0.15, 0.2) is 72.8 Å². The van der Waals surface area contributed by atoms with Crippen LogP contribution >= 0.6 is 0 Å². The van der Waals surface area contributed by atoms with Crippen LogP contribution in [0.5, 0.6) is 0 Å². The van der Waals surface area contributed by atoms with Crippen molar-refractivity contribution in [2.75, 3.05) is 0 Å². The van der Waals surface area contributed by atoms with E-state index >= 15 is 0 Å². The van der Waals surface area contributed by atoms with Crippen molar-refractivity contribution in [2.24, 2.45) is 0 Å². The first-order valence-corrected chi connectivity index (χ1v) is 5.95. The van der Waals surface area contributed by atoms with Crippen LogP contribution in [0, 0.1) is 5.82 Å². The van der Waals surface area contributed by atoms with Crippen LogP contribution in [0.3, 0.4) is 0 Å². The predicted molar refractivity (Wildman–Crippen MR) is 75.3 cm³/mol. The largest absolute Gasteiger partial charge is 0.289 e. The van der Waals surface area contributed by atoms with Crippen molar-refractivity contribution in [3.63, 3.8) is 0 Å². The molecule has 2 aromatic rings. The van der Waals surface area contributed by atoms with Gasteiger partial charge in [0, 0.05) is 5.56 Å². The maximum atomic E-state index is 12.7. The van der Waals surface area contributed by atoms with Crippen molar-refractivity contribution in [1.82, 2.24) is 0 Å². The molecule has 2 heteroatoms. The first-order chi connectivity index (χ1) is 9.25. The number of allylic oxidation sites excluding steroid dienone is 3. The fraction of sp³-hybridized carbons (Fsp3) is 0. The Morgan fingerprint density at radius 2 is 1.58 bits per heavy atom. The molecule has 2 aromatic carbocycles. The molecule has 0 spiro atoms. The molecule has 19 heavy (non-hydrogen) atoms. The standard InChI is InChI=1S/C17H13FO/c18-16-12-10-15(11-13-16)17(19)9-5-4-8-14-6-2-1-3-7-14/h1-13H. The Bertz CT molecular complexity index is 595. The van der Waals surface area contributed by atoms with Crippen molar-refractivity contribution in [2.45, 2.75) is 0 Å². The minimum atomic E-state index is -0.343. The van der Waals surface area contributed by atoms with Crippen molar-refractivity contribution in [3.05, 3.63) is 89.8 Å². The monoisotopic (exact) mass is 252 g/mol. The molecule has 0 amide bonds. The highest BCUT2D eigenvalue weighted by atomic mass is 19.1. The zero-order chi connectivity index (χ0) is 13.5. The van der Waals surface area contributed by atoms with E-state index in [9.17, 15) is 9.18 Å². The van der Waals surface area contributed by atoms with E-state index in [1.165, 1.54) is 30.3 Å². The lowest BCUT2D eigenvalue weighted by molar-refractivity contribution is 0.104. The molecule has 94 valence electrons. The predicted octanol–water partition coefficient (Wildman–Crippen LogP) is 4.28. The number of hydrogen-bond acceptors (Lipinski definition) is 1. The van der Waals surface area contributed by atoms with E-state index in [4.69, 9.17) is 0 Å². The third-order valence-electron chi connectivity index (χ3n) is 2.58. The molecule has 2 rings (SSSR count). The summed E-state index contributed by atoms with van der Waals surface area (Å²) in [5.74, 6) is -0.484. The van der Waals surface area contributed by atoms with Gasteiger partial charge in [-0.1, -0.05) is 48.6 Å². The number of benzene rings is 2. The van der Waals surface area contributed by atoms with Crippen molar-refractivity contribution >= 4 is 11.9 Å². The number of rotatable bonds is 4. The molecule has 0 radical (unpaired) electrons. The molecule has 0 atom stereocenters. The summed E-state index contributed by atoms with van der Waals surface area (Å²) in [4.78, 5) is 11.7. The Morgan fingerprint density at radius 1 is 0.895 bits per heavy atom. The van der Waals surface area contributed by atoms with Gasteiger partial charge in [-0.2, -0.15) is 0 Å². The van der Waals surface area contributed by atoms with E-state index in [1.54, 1.807) is 12.2 Å². The summed E-state index contributed by atoms with van der Waals surface area (Å²) in [5.41, 5.74) is 1.55. The lowest BCUT2D eigenvalue weighted by atomic mass is 10.1. The lowest BCUT2D eigenvalue weighted by Crippen LogP contribution is -1.93. The van der Waals surface area contributed by atoms with Crippen LogP contribution < -0.4 is 0 Å². The van der Waals surface area contributed by atoms with E-state index in [0.717, 1.165) is 5.56 Å². The first-order valence-electron chi connectivity index (χ1n) is 5.95. The molecule has 0 bridgehead atoms. The molecule has 0 aliphatic heterocycles. The fourth-order valence-electron chi connectivity index (χ4n) is 1.58. The Labute approximate surface area is 111 Å². The normalized spacial score (nSPS) is 11.2. The van der Waals surface area contributed by atoms with E-state index in [2.05, 4.69) is 0 Å². The van der Waals surface area contributed by atoms with Gasteiger partial charge in [0.25, 0.3) is 0 Å². The average molecular weight is 252 g/mol. The second kappa shape index (κ2) is 6.45. The van der Waals surface area contributed by atoms with E-state index < -0.39 is 0 Å². The van der Waals surface area contributed by atoms with Gasteiger partial charge in [0.2, 0.25) is 0 Å². The number of carbonyl (C=O) groups excluding carboxylic acids is 1. The highest BCUT2D eigenvalue weighted by Gasteiger charge is 2.00. The maximum Gasteiger partial charge on any atom is 0.185 e. The van der Waals surface area contributed by atoms with Gasteiger partial charge in [-0.05, 0) is 35.9 Å². The van der Waals surface area contributed by atoms with Gasteiger partial charge in [-0.25, -0.2) is 4.39 Å². The fourth-order valence-corrected chi connectivity index (χ4v) is 1.58. The van der Waals surface area contributed by atoms with Gasteiger partial charge in [-0.3, -0.25) is 4.79 Å². The van der Waals surface area contributed by atoms with E-state index in [0.29, 0.717) is 5.56 Å². The number of ketones is 1. The minimum absolute atomic E-state index is 0.141. The van der Waals surface area contributed by atoms with Gasteiger partial charge in [0.15, 0.2) is 5.78 Å². The molecule has 0 heterocycles. The molecule has 0 aromatic heterocycles. The molecule has 0 aliphatic rings. The van der Waals surface area contributed by atoms with Crippen molar-refractivity contribution in [3.8, 4) is 0 Å². The highest BCUT2D eigenvalue weighted by molar-refractivity contribution is 6.04. The molecule has 0 N–H and O–H groups in total. The maximum absolute atomic E-state index is 12.7. The topological polar surface area (TPSA) is 17.1 Å². The molecule has 0 saturated carbocycles. The van der Waals surface area contributed by atoms with Gasteiger partial charge in [0.1, 0.15) is 5.82 Å². The summed E-state index contributed by atoms with van der Waals surface area (Å²) in [6, 6.07) is 15.3. The Hall–Kier alpha value is -2.48. The highest BCUT2D eigenvalue weighted by Crippen LogP contribution is 2.05. The Kier molecular flexibility index (Phi) is 4.40. The van der Waals surface area contributed by atoms with Crippen molar-refractivity contribution < 1.29 is 9.18 Å². The molecule has 0 aliphatic carbocycles. The van der Waals surface area contributed by atoms with Crippen LogP contribution in [-0.2, 0) is 0 Å². The quantitative estimate of drug-likeness (QED) is 0.451. The summed E-state index contributed by atoms with van der Waals surface area (Å²) in [6.07, 6.45) is 6.86. The first kappa shape index (κ1) is 13.0. The molecular formula is C17H13FO. The number of halogens is 1. The smallest absolute Gasteiger partial charge is 0.185 e. The van der Waals surface area contributed by atoms with Gasteiger partial charge in [0.05, 0.1) is 0 Å². The van der Waals surface area contributed by atoms with E-state index in [-0.39, 0.29) is 11.6 Å². The molecule has 0 fully saturated rings. The Balaban J connectivity index is 1.97. The Morgan fingerprint density at radius 3 is 2.26 bits per heavy atom. The summed E-state index contributed by atoms with van der Waals surface area (Å²) in [5, 5.41) is 0. The molecule has 0 saturated heterocycles. The van der Waals surface area contributed by atoms with Gasteiger partial charge >= 0.3 is 0 Å². The third-order valence-corrected chi connectivity index (χ3v) is 2.58. The van der Waals surface area contributed by atoms with E-state index in [1.807, 2.05) is 36.4 Å². The van der Waals surface area contributed by atoms with Crippen LogP contribution in [0.4, 0.5) is 4.39 Å². The van der Waals surface area contributed by atoms with Crippen LogP contribution in [-0.4, -0.2) is 5.78 Å². The summed E-state index contributed by atoms with van der Waals surface area (Å²) in [7, 11) is 0.